The molecular weight excluding hydrogens is 187 g/mol. The Balaban J connectivity index is 2.19. The Bertz CT molecular complexity index is 371. The van der Waals surface area contributed by atoms with E-state index in [4.69, 9.17) is 0 Å². The van der Waals surface area contributed by atoms with Crippen molar-refractivity contribution in [2.45, 2.75) is 33.1 Å². The fourth-order valence-corrected chi connectivity index (χ4v) is 2.00. The predicted molar refractivity (Wildman–Crippen MR) is 62.0 cm³/mol. The van der Waals surface area contributed by atoms with Crippen LogP contribution in [0.4, 0.5) is 4.39 Å². The molecule has 1 aliphatic carbocycles. The average Bonchev–Trinajstić information content (AvgIpc) is 2.20. The topological polar surface area (TPSA) is 0 Å². The summed E-state index contributed by atoms with van der Waals surface area (Å²) in [5.74, 6) is -0.157. The molecule has 1 heteroatoms. The highest BCUT2D eigenvalue weighted by molar-refractivity contribution is 5.66. The molecule has 0 atom stereocenters. The lowest BCUT2D eigenvalue weighted by Crippen LogP contribution is -2.13. The van der Waals surface area contributed by atoms with Crippen molar-refractivity contribution < 1.29 is 4.39 Å². The largest absolute Gasteiger partial charge is 0.207 e. The third kappa shape index (κ3) is 2.47. The van der Waals surface area contributed by atoms with Crippen molar-refractivity contribution in [3.63, 3.8) is 0 Å². The van der Waals surface area contributed by atoms with Crippen molar-refractivity contribution >= 4 is 5.57 Å². The van der Waals surface area contributed by atoms with Gasteiger partial charge in [-0.1, -0.05) is 32.1 Å². The first-order valence-corrected chi connectivity index (χ1v) is 5.52. The summed E-state index contributed by atoms with van der Waals surface area (Å²) < 4.78 is 12.8. The van der Waals surface area contributed by atoms with Gasteiger partial charge in [0.25, 0.3) is 0 Å². The molecule has 1 aromatic carbocycles. The highest BCUT2D eigenvalue weighted by Crippen LogP contribution is 2.37. The average molecular weight is 204 g/mol. The van der Waals surface area contributed by atoms with Gasteiger partial charge < -0.3 is 0 Å². The third-order valence-electron chi connectivity index (χ3n) is 3.19. The summed E-state index contributed by atoms with van der Waals surface area (Å²) in [5, 5.41) is 0. The Kier molecular flexibility index (Phi) is 2.64. The van der Waals surface area contributed by atoms with Crippen molar-refractivity contribution in [3.05, 3.63) is 41.7 Å². The van der Waals surface area contributed by atoms with E-state index in [2.05, 4.69) is 19.9 Å². The van der Waals surface area contributed by atoms with Gasteiger partial charge in [-0.3, -0.25) is 0 Å². The second kappa shape index (κ2) is 3.80. The molecule has 0 nitrogen and oxygen atoms in total. The van der Waals surface area contributed by atoms with Gasteiger partial charge in [0.15, 0.2) is 0 Å². The molecule has 0 saturated heterocycles. The monoisotopic (exact) mass is 204 g/mol. The van der Waals surface area contributed by atoms with E-state index in [1.807, 2.05) is 12.1 Å². The van der Waals surface area contributed by atoms with Gasteiger partial charge in [-0.15, -0.1) is 0 Å². The number of rotatable bonds is 1. The highest BCUT2D eigenvalue weighted by Gasteiger charge is 2.21. The first kappa shape index (κ1) is 10.4. The Labute approximate surface area is 90.8 Å². The number of hydrogen-bond acceptors (Lipinski definition) is 0. The van der Waals surface area contributed by atoms with Gasteiger partial charge in [0, 0.05) is 0 Å². The van der Waals surface area contributed by atoms with Crippen LogP contribution >= 0.6 is 0 Å². The van der Waals surface area contributed by atoms with Gasteiger partial charge in [-0.25, -0.2) is 4.39 Å². The zero-order valence-electron chi connectivity index (χ0n) is 9.39. The maximum absolute atomic E-state index is 12.8. The molecule has 0 bridgehead atoms. The zero-order valence-corrected chi connectivity index (χ0v) is 9.39. The number of hydrogen-bond donors (Lipinski definition) is 0. The molecule has 0 radical (unpaired) electrons. The minimum absolute atomic E-state index is 0.157. The van der Waals surface area contributed by atoms with E-state index in [9.17, 15) is 4.39 Å². The van der Waals surface area contributed by atoms with Crippen LogP contribution in [0.25, 0.3) is 5.57 Å². The lowest BCUT2D eigenvalue weighted by Gasteiger charge is -2.28. The van der Waals surface area contributed by atoms with Crippen molar-refractivity contribution in [2.75, 3.05) is 0 Å². The van der Waals surface area contributed by atoms with Crippen LogP contribution in [0.2, 0.25) is 0 Å². The van der Waals surface area contributed by atoms with Crippen LogP contribution in [-0.2, 0) is 0 Å². The fourth-order valence-electron chi connectivity index (χ4n) is 2.00. The molecule has 80 valence electrons. The molecule has 0 amide bonds. The van der Waals surface area contributed by atoms with Gasteiger partial charge in [-0.05, 0) is 47.9 Å². The normalized spacial score (nSPS) is 19.8. The highest BCUT2D eigenvalue weighted by atomic mass is 19.1. The van der Waals surface area contributed by atoms with Crippen LogP contribution in [0.3, 0.4) is 0 Å². The van der Waals surface area contributed by atoms with Crippen LogP contribution in [-0.4, -0.2) is 0 Å². The first-order chi connectivity index (χ1) is 7.07. The van der Waals surface area contributed by atoms with E-state index in [0.29, 0.717) is 5.41 Å². The summed E-state index contributed by atoms with van der Waals surface area (Å²) in [4.78, 5) is 0. The SMILES string of the molecule is CC1(C)CC=C(c2ccc(F)cc2)CC1. The quantitative estimate of drug-likeness (QED) is 0.635. The molecule has 0 saturated carbocycles. The van der Waals surface area contributed by atoms with Crippen molar-refractivity contribution in [2.24, 2.45) is 5.41 Å². The summed E-state index contributed by atoms with van der Waals surface area (Å²) in [5.41, 5.74) is 2.98. The second-order valence-electron chi connectivity index (χ2n) is 5.10. The molecule has 0 aliphatic heterocycles. The van der Waals surface area contributed by atoms with Gasteiger partial charge in [-0.2, -0.15) is 0 Å². The van der Waals surface area contributed by atoms with E-state index in [1.54, 1.807) is 0 Å². The molecule has 1 aliphatic rings. The molecular formula is C14H17F. The lowest BCUT2D eigenvalue weighted by molar-refractivity contribution is 0.335. The van der Waals surface area contributed by atoms with Crippen LogP contribution < -0.4 is 0 Å². The first-order valence-electron chi connectivity index (χ1n) is 5.52. The van der Waals surface area contributed by atoms with E-state index in [-0.39, 0.29) is 5.82 Å². The standard InChI is InChI=1S/C14H17F/c1-14(2)9-7-12(8-10-14)11-3-5-13(15)6-4-11/h3-7H,8-10H2,1-2H3. The summed E-state index contributed by atoms with van der Waals surface area (Å²) in [7, 11) is 0. The van der Waals surface area contributed by atoms with E-state index < -0.39 is 0 Å². The number of halogens is 1. The maximum atomic E-state index is 12.8. The maximum Gasteiger partial charge on any atom is 0.123 e. The minimum Gasteiger partial charge on any atom is -0.207 e. The minimum atomic E-state index is -0.157. The molecule has 15 heavy (non-hydrogen) atoms. The molecule has 0 heterocycles. The Morgan fingerprint density at radius 3 is 2.33 bits per heavy atom. The van der Waals surface area contributed by atoms with E-state index >= 15 is 0 Å². The molecule has 1 aromatic rings. The molecule has 0 unspecified atom stereocenters. The van der Waals surface area contributed by atoms with Gasteiger partial charge in [0.2, 0.25) is 0 Å². The van der Waals surface area contributed by atoms with Crippen LogP contribution in [0.15, 0.2) is 30.3 Å². The lowest BCUT2D eigenvalue weighted by atomic mass is 9.77. The third-order valence-corrected chi connectivity index (χ3v) is 3.19. The molecule has 0 fully saturated rings. The molecule has 0 N–H and O–H groups in total. The fraction of sp³-hybridized carbons (Fsp3) is 0.429. The van der Waals surface area contributed by atoms with Crippen molar-refractivity contribution in [3.8, 4) is 0 Å². The number of allylic oxidation sites excluding steroid dienone is 2. The van der Waals surface area contributed by atoms with E-state index in [0.717, 1.165) is 12.8 Å². The summed E-state index contributed by atoms with van der Waals surface area (Å²) in [6.07, 6.45) is 5.76. The van der Waals surface area contributed by atoms with Gasteiger partial charge >= 0.3 is 0 Å². The Morgan fingerprint density at radius 1 is 1.13 bits per heavy atom. The second-order valence-corrected chi connectivity index (χ2v) is 5.10. The van der Waals surface area contributed by atoms with E-state index in [1.165, 1.54) is 29.7 Å². The molecule has 0 aromatic heterocycles. The van der Waals surface area contributed by atoms with Crippen molar-refractivity contribution in [1.82, 2.24) is 0 Å². The summed E-state index contributed by atoms with van der Waals surface area (Å²) in [6.45, 7) is 4.59. The summed E-state index contributed by atoms with van der Waals surface area (Å²) >= 11 is 0. The Morgan fingerprint density at radius 2 is 1.80 bits per heavy atom. The van der Waals surface area contributed by atoms with Gasteiger partial charge in [0.1, 0.15) is 5.82 Å². The van der Waals surface area contributed by atoms with Crippen LogP contribution in [0.1, 0.15) is 38.7 Å². The smallest absolute Gasteiger partial charge is 0.123 e. The van der Waals surface area contributed by atoms with Crippen LogP contribution in [0.5, 0.6) is 0 Å². The Hall–Kier alpha value is -1.11. The van der Waals surface area contributed by atoms with Crippen molar-refractivity contribution in [1.29, 1.82) is 0 Å². The molecule has 2 rings (SSSR count). The zero-order chi connectivity index (χ0) is 10.9. The predicted octanol–water partition coefficient (Wildman–Crippen LogP) is 4.42. The summed E-state index contributed by atoms with van der Waals surface area (Å²) in [6, 6.07) is 6.82. The van der Waals surface area contributed by atoms with Crippen LogP contribution in [0, 0.1) is 11.2 Å². The molecule has 0 spiro atoms. The van der Waals surface area contributed by atoms with Gasteiger partial charge in [0.05, 0.1) is 0 Å². The number of benzene rings is 1.